The Bertz CT molecular complexity index is 330. The molecule has 4 nitrogen and oxygen atoms in total. The van der Waals surface area contributed by atoms with Crippen molar-refractivity contribution in [2.75, 3.05) is 13.7 Å². The Labute approximate surface area is 86.9 Å². The zero-order valence-electron chi connectivity index (χ0n) is 7.70. The number of hydrogen-bond acceptors (Lipinski definition) is 4. The second-order valence-electron chi connectivity index (χ2n) is 2.83. The first kappa shape index (κ1) is 11.1. The summed E-state index contributed by atoms with van der Waals surface area (Å²) in [5, 5.41) is 18.5. The molecule has 14 heavy (non-hydrogen) atoms. The van der Waals surface area contributed by atoms with Gasteiger partial charge in [0.1, 0.15) is 0 Å². The fourth-order valence-electron chi connectivity index (χ4n) is 1.10. The number of methoxy groups -OCH3 is 1. The number of phenols is 1. The fourth-order valence-corrected chi connectivity index (χ4v) is 1.40. The minimum absolute atomic E-state index is 0.0496. The summed E-state index contributed by atoms with van der Waals surface area (Å²) in [5.74, 6) is 0.236. The quantitative estimate of drug-likeness (QED) is 0.707. The SMILES string of the molecule is COc1cc([C@@H](N)CO)c(Cl)cc1O. The minimum atomic E-state index is -0.572. The maximum absolute atomic E-state index is 9.36. The normalized spacial score (nSPS) is 12.6. The van der Waals surface area contributed by atoms with E-state index in [2.05, 4.69) is 0 Å². The van der Waals surface area contributed by atoms with Crippen LogP contribution in [0.4, 0.5) is 0 Å². The van der Waals surface area contributed by atoms with Gasteiger partial charge in [-0.2, -0.15) is 0 Å². The Morgan fingerprint density at radius 1 is 1.57 bits per heavy atom. The molecule has 1 aromatic carbocycles. The van der Waals surface area contributed by atoms with Gasteiger partial charge in [0, 0.05) is 11.1 Å². The van der Waals surface area contributed by atoms with Gasteiger partial charge < -0.3 is 20.7 Å². The van der Waals surface area contributed by atoms with E-state index < -0.39 is 6.04 Å². The van der Waals surface area contributed by atoms with Crippen molar-refractivity contribution in [1.29, 1.82) is 0 Å². The third kappa shape index (κ3) is 2.09. The molecule has 5 heteroatoms. The van der Waals surface area contributed by atoms with Crippen LogP contribution in [0.5, 0.6) is 11.5 Å². The second kappa shape index (κ2) is 4.50. The lowest BCUT2D eigenvalue weighted by molar-refractivity contribution is 0.267. The molecule has 0 aliphatic carbocycles. The number of ether oxygens (including phenoxy) is 1. The van der Waals surface area contributed by atoms with Crippen LogP contribution in [0.2, 0.25) is 5.02 Å². The van der Waals surface area contributed by atoms with Crippen molar-refractivity contribution >= 4 is 11.6 Å². The third-order valence-electron chi connectivity index (χ3n) is 1.89. The van der Waals surface area contributed by atoms with Gasteiger partial charge in [-0.15, -0.1) is 0 Å². The third-order valence-corrected chi connectivity index (χ3v) is 2.22. The molecule has 0 amide bonds. The molecule has 0 aliphatic rings. The summed E-state index contributed by atoms with van der Waals surface area (Å²) in [5.41, 5.74) is 6.14. The monoisotopic (exact) mass is 217 g/mol. The number of hydrogen-bond donors (Lipinski definition) is 3. The van der Waals surface area contributed by atoms with Crippen molar-refractivity contribution in [3.63, 3.8) is 0 Å². The zero-order valence-corrected chi connectivity index (χ0v) is 8.45. The van der Waals surface area contributed by atoms with Crippen LogP contribution >= 0.6 is 11.6 Å². The van der Waals surface area contributed by atoms with E-state index in [0.29, 0.717) is 10.6 Å². The van der Waals surface area contributed by atoms with E-state index in [1.165, 1.54) is 19.2 Å². The first-order valence-electron chi connectivity index (χ1n) is 4.03. The van der Waals surface area contributed by atoms with Crippen LogP contribution in [0.3, 0.4) is 0 Å². The molecule has 1 atom stereocenters. The molecule has 0 bridgehead atoms. The van der Waals surface area contributed by atoms with Gasteiger partial charge in [-0.3, -0.25) is 0 Å². The summed E-state index contributed by atoms with van der Waals surface area (Å²) in [6.07, 6.45) is 0. The van der Waals surface area contributed by atoms with Crippen LogP contribution in [-0.2, 0) is 0 Å². The van der Waals surface area contributed by atoms with Crippen LogP contribution in [-0.4, -0.2) is 23.9 Å². The van der Waals surface area contributed by atoms with Crippen LogP contribution in [0.15, 0.2) is 12.1 Å². The highest BCUT2D eigenvalue weighted by Gasteiger charge is 2.13. The Kier molecular flexibility index (Phi) is 3.57. The largest absolute Gasteiger partial charge is 0.504 e. The van der Waals surface area contributed by atoms with Crippen LogP contribution in [0.25, 0.3) is 0 Å². The van der Waals surface area contributed by atoms with Gasteiger partial charge in [0.2, 0.25) is 0 Å². The number of aliphatic hydroxyl groups excluding tert-OH is 1. The van der Waals surface area contributed by atoms with Gasteiger partial charge in [0.25, 0.3) is 0 Å². The topological polar surface area (TPSA) is 75.7 Å². The lowest BCUT2D eigenvalue weighted by Gasteiger charge is -2.13. The Morgan fingerprint density at radius 3 is 2.71 bits per heavy atom. The molecule has 1 rings (SSSR count). The van der Waals surface area contributed by atoms with E-state index in [0.717, 1.165) is 0 Å². The Morgan fingerprint density at radius 2 is 2.21 bits per heavy atom. The molecule has 0 spiro atoms. The maximum Gasteiger partial charge on any atom is 0.160 e. The molecule has 0 radical (unpaired) electrons. The summed E-state index contributed by atoms with van der Waals surface area (Å²) in [6.45, 7) is -0.215. The molecular weight excluding hydrogens is 206 g/mol. The zero-order chi connectivity index (χ0) is 10.7. The summed E-state index contributed by atoms with van der Waals surface area (Å²) < 4.78 is 4.89. The van der Waals surface area contributed by atoms with Crippen molar-refractivity contribution in [2.45, 2.75) is 6.04 Å². The highest BCUT2D eigenvalue weighted by atomic mass is 35.5. The van der Waals surface area contributed by atoms with E-state index in [9.17, 15) is 5.11 Å². The van der Waals surface area contributed by atoms with E-state index in [1.807, 2.05) is 0 Å². The average Bonchev–Trinajstić information content (AvgIpc) is 2.17. The first-order valence-corrected chi connectivity index (χ1v) is 4.40. The van der Waals surface area contributed by atoms with Gasteiger partial charge >= 0.3 is 0 Å². The molecule has 1 aromatic rings. The van der Waals surface area contributed by atoms with E-state index >= 15 is 0 Å². The molecule has 0 saturated carbocycles. The van der Waals surface area contributed by atoms with Gasteiger partial charge in [0.05, 0.1) is 19.8 Å². The van der Waals surface area contributed by atoms with E-state index in [1.54, 1.807) is 0 Å². The summed E-state index contributed by atoms with van der Waals surface area (Å²) >= 11 is 5.83. The van der Waals surface area contributed by atoms with Crippen molar-refractivity contribution in [3.05, 3.63) is 22.7 Å². The molecule has 0 unspecified atom stereocenters. The minimum Gasteiger partial charge on any atom is -0.504 e. The molecule has 78 valence electrons. The van der Waals surface area contributed by atoms with Crippen LogP contribution < -0.4 is 10.5 Å². The molecule has 0 aliphatic heterocycles. The molecule has 0 saturated heterocycles. The number of nitrogens with two attached hydrogens (primary N) is 1. The number of phenolic OH excluding ortho intramolecular Hbond substituents is 1. The number of rotatable bonds is 3. The number of benzene rings is 1. The van der Waals surface area contributed by atoms with Gasteiger partial charge in [-0.25, -0.2) is 0 Å². The molecular formula is C9H12ClNO3. The lowest BCUT2D eigenvalue weighted by Crippen LogP contribution is -2.15. The van der Waals surface area contributed by atoms with Crippen molar-refractivity contribution in [3.8, 4) is 11.5 Å². The molecule has 4 N–H and O–H groups in total. The van der Waals surface area contributed by atoms with Crippen molar-refractivity contribution in [2.24, 2.45) is 5.73 Å². The number of aromatic hydroxyl groups is 1. The molecule has 0 aromatic heterocycles. The fraction of sp³-hybridized carbons (Fsp3) is 0.333. The molecule has 0 fully saturated rings. The van der Waals surface area contributed by atoms with Gasteiger partial charge in [-0.1, -0.05) is 11.6 Å². The average molecular weight is 218 g/mol. The highest BCUT2D eigenvalue weighted by Crippen LogP contribution is 2.34. The van der Waals surface area contributed by atoms with Gasteiger partial charge in [0.15, 0.2) is 11.5 Å². The smallest absolute Gasteiger partial charge is 0.160 e. The lowest BCUT2D eigenvalue weighted by atomic mass is 10.1. The van der Waals surface area contributed by atoms with Crippen LogP contribution in [0.1, 0.15) is 11.6 Å². The standard InChI is InChI=1S/C9H12ClNO3/c1-14-9-2-5(7(11)4-12)6(10)3-8(9)13/h2-3,7,12-13H,4,11H2,1H3/t7-/m0/s1. The summed E-state index contributed by atoms with van der Waals surface area (Å²) in [7, 11) is 1.43. The van der Waals surface area contributed by atoms with Crippen molar-refractivity contribution < 1.29 is 14.9 Å². The predicted octanol–water partition coefficient (Wildman–Crippen LogP) is 1.05. The maximum atomic E-state index is 9.36. The first-order chi connectivity index (χ1) is 6.60. The number of aliphatic hydroxyl groups is 1. The summed E-state index contributed by atoms with van der Waals surface area (Å²) in [4.78, 5) is 0. The highest BCUT2D eigenvalue weighted by molar-refractivity contribution is 6.31. The van der Waals surface area contributed by atoms with Gasteiger partial charge in [-0.05, 0) is 11.6 Å². The number of halogens is 1. The molecule has 0 heterocycles. The van der Waals surface area contributed by atoms with Crippen molar-refractivity contribution in [1.82, 2.24) is 0 Å². The second-order valence-corrected chi connectivity index (χ2v) is 3.24. The Balaban J connectivity index is 3.17. The van der Waals surface area contributed by atoms with E-state index in [-0.39, 0.29) is 18.1 Å². The summed E-state index contributed by atoms with van der Waals surface area (Å²) in [6, 6.07) is 2.28. The Hall–Kier alpha value is -0.970. The van der Waals surface area contributed by atoms with E-state index in [4.69, 9.17) is 27.2 Å². The van der Waals surface area contributed by atoms with Crippen LogP contribution in [0, 0.1) is 0 Å². The predicted molar refractivity (Wildman–Crippen MR) is 53.7 cm³/mol.